The van der Waals surface area contributed by atoms with Crippen LogP contribution < -0.4 is 5.73 Å². The minimum atomic E-state index is -0.917. The number of fused-ring (bicyclic) bond motifs is 2. The molecule has 0 saturated carbocycles. The van der Waals surface area contributed by atoms with Gasteiger partial charge in [0.2, 0.25) is 0 Å². The molecule has 1 aromatic carbocycles. The number of carbonyl (C=O) groups excluding carboxylic acids is 2. The Balaban J connectivity index is 1.81. The maximum absolute atomic E-state index is 11.8. The number of ether oxygens (including phenoxy) is 1. The van der Waals surface area contributed by atoms with E-state index in [-0.39, 0.29) is 6.42 Å². The Morgan fingerprint density at radius 2 is 2.05 bits per heavy atom. The quantitative estimate of drug-likeness (QED) is 0.870. The maximum atomic E-state index is 11.8. The van der Waals surface area contributed by atoms with E-state index in [2.05, 4.69) is 12.1 Å². The smallest absolute Gasteiger partial charge is 0.311 e. The third-order valence-corrected chi connectivity index (χ3v) is 3.91. The van der Waals surface area contributed by atoms with Crippen LogP contribution in [0.15, 0.2) is 22.8 Å². The summed E-state index contributed by atoms with van der Waals surface area (Å²) in [5.74, 6) is -1.14. The van der Waals surface area contributed by atoms with E-state index in [4.69, 9.17) is 14.9 Å². The molecule has 3 rings (SSSR count). The van der Waals surface area contributed by atoms with E-state index >= 15 is 0 Å². The summed E-state index contributed by atoms with van der Waals surface area (Å²) in [5.41, 5.74) is 9.30. The Morgan fingerprint density at radius 3 is 2.76 bits per heavy atom. The number of amides is 1. The van der Waals surface area contributed by atoms with Crippen LogP contribution in [0.2, 0.25) is 0 Å². The van der Waals surface area contributed by atoms with Gasteiger partial charge in [-0.1, -0.05) is 0 Å². The van der Waals surface area contributed by atoms with Crippen molar-refractivity contribution in [2.24, 2.45) is 5.73 Å². The van der Waals surface area contributed by atoms with Crippen molar-refractivity contribution in [3.63, 3.8) is 0 Å². The molecule has 110 valence electrons. The first-order valence-corrected chi connectivity index (χ1v) is 7.05. The van der Waals surface area contributed by atoms with Gasteiger partial charge in [0.25, 0.3) is 5.91 Å². The van der Waals surface area contributed by atoms with Crippen LogP contribution in [-0.4, -0.2) is 18.0 Å². The van der Waals surface area contributed by atoms with Crippen LogP contribution in [-0.2, 0) is 33.6 Å². The predicted octanol–water partition coefficient (Wildman–Crippen LogP) is 1.88. The van der Waals surface area contributed by atoms with E-state index in [1.165, 1.54) is 18.1 Å². The lowest BCUT2D eigenvalue weighted by atomic mass is 10.0. The number of carbonyl (C=O) groups is 2. The second kappa shape index (κ2) is 5.24. The largest absolute Gasteiger partial charge is 0.464 e. The second-order valence-electron chi connectivity index (χ2n) is 5.44. The molecule has 5 heteroatoms. The van der Waals surface area contributed by atoms with E-state index < -0.39 is 18.0 Å². The average molecular weight is 287 g/mol. The number of esters is 1. The number of benzene rings is 1. The molecule has 0 unspecified atom stereocenters. The maximum Gasteiger partial charge on any atom is 0.311 e. The molecule has 0 bridgehead atoms. The van der Waals surface area contributed by atoms with Gasteiger partial charge in [0.15, 0.2) is 6.10 Å². The summed E-state index contributed by atoms with van der Waals surface area (Å²) in [5, 5.41) is 0.944. The lowest BCUT2D eigenvalue weighted by molar-refractivity contribution is -0.153. The van der Waals surface area contributed by atoms with Gasteiger partial charge < -0.3 is 14.9 Å². The van der Waals surface area contributed by atoms with Gasteiger partial charge in [-0.25, -0.2) is 0 Å². The molecule has 0 fully saturated rings. The lowest BCUT2D eigenvalue weighted by Gasteiger charge is -2.08. The van der Waals surface area contributed by atoms with Gasteiger partial charge in [-0.2, -0.15) is 0 Å². The molecule has 0 spiro atoms. The van der Waals surface area contributed by atoms with Crippen molar-refractivity contribution in [3.05, 3.63) is 35.1 Å². The first-order chi connectivity index (χ1) is 10.0. The van der Waals surface area contributed by atoms with Crippen molar-refractivity contribution < 1.29 is 18.7 Å². The van der Waals surface area contributed by atoms with E-state index in [1.807, 2.05) is 0 Å². The zero-order valence-corrected chi connectivity index (χ0v) is 11.8. The fourth-order valence-corrected chi connectivity index (χ4v) is 2.74. The number of furan rings is 1. The molecule has 2 N–H and O–H groups in total. The number of rotatable bonds is 4. The third kappa shape index (κ3) is 2.63. The summed E-state index contributed by atoms with van der Waals surface area (Å²) < 4.78 is 10.5. The summed E-state index contributed by atoms with van der Waals surface area (Å²) in [6, 6.07) is 4.15. The predicted molar refractivity (Wildman–Crippen MR) is 76.7 cm³/mol. The molecule has 1 aromatic heterocycles. The van der Waals surface area contributed by atoms with Crippen LogP contribution in [0.5, 0.6) is 0 Å². The molecule has 1 atom stereocenters. The fourth-order valence-electron chi connectivity index (χ4n) is 2.74. The monoisotopic (exact) mass is 287 g/mol. The Labute approximate surface area is 122 Å². The van der Waals surface area contributed by atoms with E-state index in [0.29, 0.717) is 0 Å². The molecule has 0 radical (unpaired) electrons. The van der Waals surface area contributed by atoms with Gasteiger partial charge in [-0.15, -0.1) is 0 Å². The van der Waals surface area contributed by atoms with E-state index in [0.717, 1.165) is 35.8 Å². The normalized spacial score (nSPS) is 14.9. The zero-order valence-electron chi connectivity index (χ0n) is 11.8. The molecule has 1 amide bonds. The summed E-state index contributed by atoms with van der Waals surface area (Å²) in [6.07, 6.45) is 4.05. The third-order valence-electron chi connectivity index (χ3n) is 3.91. The number of hydrogen-bond acceptors (Lipinski definition) is 4. The molecule has 2 aromatic rings. The number of nitrogens with two attached hydrogens (primary N) is 1. The number of hydrogen-bond donors (Lipinski definition) is 1. The van der Waals surface area contributed by atoms with E-state index in [9.17, 15) is 9.59 Å². The van der Waals surface area contributed by atoms with Crippen LogP contribution in [0.3, 0.4) is 0 Å². The van der Waals surface area contributed by atoms with Gasteiger partial charge in [0, 0.05) is 10.9 Å². The number of primary amides is 1. The molecule has 0 saturated heterocycles. The standard InChI is InChI=1S/C16H17NO4/c1-9(16(17)19)21-15(18)7-12-8-20-14-6-11-4-2-3-10(11)5-13(12)14/h5-6,8-9H,2-4,7H2,1H3,(H2,17,19)/t9-/m1/s1. The van der Waals surface area contributed by atoms with Gasteiger partial charge in [-0.3, -0.25) is 9.59 Å². The molecule has 0 aliphatic heterocycles. The Kier molecular flexibility index (Phi) is 3.41. The zero-order chi connectivity index (χ0) is 15.0. The van der Waals surface area contributed by atoms with Crippen LogP contribution in [0.1, 0.15) is 30.0 Å². The molecule has 21 heavy (non-hydrogen) atoms. The SMILES string of the molecule is C[C@@H](OC(=O)Cc1coc2cc3c(cc12)CCC3)C(N)=O. The molecular weight excluding hydrogens is 270 g/mol. The Bertz CT molecular complexity index is 716. The molecule has 1 aliphatic carbocycles. The van der Waals surface area contributed by atoms with Crippen LogP contribution in [0.25, 0.3) is 11.0 Å². The first-order valence-electron chi connectivity index (χ1n) is 7.05. The van der Waals surface area contributed by atoms with Crippen molar-refractivity contribution in [1.29, 1.82) is 0 Å². The minimum Gasteiger partial charge on any atom is -0.464 e. The van der Waals surface area contributed by atoms with Crippen molar-refractivity contribution in [3.8, 4) is 0 Å². The minimum absolute atomic E-state index is 0.0728. The summed E-state index contributed by atoms with van der Waals surface area (Å²) >= 11 is 0. The lowest BCUT2D eigenvalue weighted by Crippen LogP contribution is -2.30. The highest BCUT2D eigenvalue weighted by Crippen LogP contribution is 2.30. The van der Waals surface area contributed by atoms with E-state index in [1.54, 1.807) is 6.26 Å². The highest BCUT2D eigenvalue weighted by molar-refractivity contribution is 5.88. The summed E-state index contributed by atoms with van der Waals surface area (Å²) in [7, 11) is 0. The molecule has 1 aliphatic rings. The average Bonchev–Trinajstić information content (AvgIpc) is 3.03. The highest BCUT2D eigenvalue weighted by atomic mass is 16.5. The fraction of sp³-hybridized carbons (Fsp3) is 0.375. The molecule has 1 heterocycles. The molecule has 5 nitrogen and oxygen atoms in total. The van der Waals surface area contributed by atoms with Gasteiger partial charge in [0.1, 0.15) is 5.58 Å². The van der Waals surface area contributed by atoms with Gasteiger partial charge in [-0.05, 0) is 49.4 Å². The topological polar surface area (TPSA) is 82.5 Å². The van der Waals surface area contributed by atoms with Crippen LogP contribution in [0.4, 0.5) is 0 Å². The second-order valence-corrected chi connectivity index (χ2v) is 5.44. The van der Waals surface area contributed by atoms with Crippen LogP contribution in [0, 0.1) is 0 Å². The Morgan fingerprint density at radius 1 is 1.33 bits per heavy atom. The van der Waals surface area contributed by atoms with Crippen LogP contribution >= 0.6 is 0 Å². The van der Waals surface area contributed by atoms with Crippen molar-refractivity contribution >= 4 is 22.8 Å². The van der Waals surface area contributed by atoms with Crippen molar-refractivity contribution in [1.82, 2.24) is 0 Å². The molecular formula is C16H17NO4. The highest BCUT2D eigenvalue weighted by Gasteiger charge is 2.19. The van der Waals surface area contributed by atoms with Gasteiger partial charge in [0.05, 0.1) is 12.7 Å². The first kappa shape index (κ1) is 13.7. The van der Waals surface area contributed by atoms with Crippen molar-refractivity contribution in [2.75, 3.05) is 0 Å². The van der Waals surface area contributed by atoms with Gasteiger partial charge >= 0.3 is 5.97 Å². The number of aryl methyl sites for hydroxylation is 2. The summed E-state index contributed by atoms with van der Waals surface area (Å²) in [6.45, 7) is 1.46. The van der Waals surface area contributed by atoms with Crippen molar-refractivity contribution in [2.45, 2.75) is 38.7 Å². The Hall–Kier alpha value is -2.30. The summed E-state index contributed by atoms with van der Waals surface area (Å²) in [4.78, 5) is 22.7.